The maximum atomic E-state index is 14.0. The van der Waals surface area contributed by atoms with E-state index >= 15 is 0 Å². The van der Waals surface area contributed by atoms with Crippen molar-refractivity contribution < 1.29 is 17.9 Å². The summed E-state index contributed by atoms with van der Waals surface area (Å²) in [4.78, 5) is 14.1. The molecule has 0 fully saturated rings. The number of carbonyl (C=O) groups is 1. The van der Waals surface area contributed by atoms with E-state index in [2.05, 4.69) is 4.72 Å². The van der Waals surface area contributed by atoms with Crippen molar-refractivity contribution in [2.24, 2.45) is 0 Å². The Kier molecular flexibility index (Phi) is 7.00. The Bertz CT molecular complexity index is 2000. The van der Waals surface area contributed by atoms with Crippen molar-refractivity contribution in [2.75, 3.05) is 4.72 Å². The summed E-state index contributed by atoms with van der Waals surface area (Å²) in [5.74, 6) is -0.621. The number of benzene rings is 6. The topological polar surface area (TPSA) is 72.5 Å². The molecule has 6 heteroatoms. The summed E-state index contributed by atoms with van der Waals surface area (Å²) in [5, 5.41) is 3.55. The van der Waals surface area contributed by atoms with Crippen molar-refractivity contribution in [3.8, 4) is 11.1 Å². The van der Waals surface area contributed by atoms with E-state index in [9.17, 15) is 13.2 Å². The molecule has 0 aliphatic heterocycles. The minimum absolute atomic E-state index is 0.0473. The Hall–Kier alpha value is -4.94. The van der Waals surface area contributed by atoms with Gasteiger partial charge in [-0.25, -0.2) is 13.2 Å². The number of fused-ring (bicyclic) bond motifs is 2. The summed E-state index contributed by atoms with van der Waals surface area (Å²) in [5.41, 5.74) is 3.51. The van der Waals surface area contributed by atoms with Gasteiger partial charge >= 0.3 is 5.97 Å². The largest absolute Gasteiger partial charge is 0.457 e. The maximum Gasteiger partial charge on any atom is 0.341 e. The van der Waals surface area contributed by atoms with E-state index in [4.69, 9.17) is 4.74 Å². The zero-order valence-corrected chi connectivity index (χ0v) is 23.2. The molecule has 6 aromatic carbocycles. The number of aryl methyl sites for hydroxylation is 1. The zero-order valence-electron chi connectivity index (χ0n) is 22.4. The Morgan fingerprint density at radius 3 is 2.10 bits per heavy atom. The van der Waals surface area contributed by atoms with E-state index < -0.39 is 16.0 Å². The molecule has 0 radical (unpaired) electrons. The summed E-state index contributed by atoms with van der Waals surface area (Å²) in [6.07, 6.45) is 0. The third kappa shape index (κ3) is 5.30. The van der Waals surface area contributed by atoms with Crippen molar-refractivity contribution in [1.29, 1.82) is 0 Å². The second-order valence-electron chi connectivity index (χ2n) is 9.90. The highest BCUT2D eigenvalue weighted by Crippen LogP contribution is 2.41. The van der Waals surface area contributed by atoms with Crippen molar-refractivity contribution in [2.45, 2.75) is 18.4 Å². The highest BCUT2D eigenvalue weighted by Gasteiger charge is 2.26. The molecule has 6 aromatic rings. The number of sulfonamides is 1. The SMILES string of the molecule is Cc1ccc(S(=O)(=O)Nc2cc3ccccc3c(-c3cccc4ccccc34)c2C(=O)OCc2ccccc2)cc1. The molecule has 0 saturated carbocycles. The Morgan fingerprint density at radius 2 is 1.34 bits per heavy atom. The Labute approximate surface area is 239 Å². The first-order valence-corrected chi connectivity index (χ1v) is 14.7. The second kappa shape index (κ2) is 10.9. The van der Waals surface area contributed by atoms with Gasteiger partial charge in [0.05, 0.1) is 16.1 Å². The lowest BCUT2D eigenvalue weighted by molar-refractivity contribution is 0.0475. The Morgan fingerprint density at radius 1 is 0.707 bits per heavy atom. The van der Waals surface area contributed by atoms with Gasteiger partial charge in [-0.3, -0.25) is 4.72 Å². The van der Waals surface area contributed by atoms with E-state index in [0.717, 1.165) is 38.2 Å². The first-order valence-electron chi connectivity index (χ1n) is 13.3. The van der Waals surface area contributed by atoms with E-state index in [-0.39, 0.29) is 22.8 Å². The van der Waals surface area contributed by atoms with Crippen LogP contribution in [0, 0.1) is 6.92 Å². The third-order valence-electron chi connectivity index (χ3n) is 7.10. The fraction of sp³-hybridized carbons (Fsp3) is 0.0571. The van der Waals surface area contributed by atoms with Gasteiger partial charge in [0.2, 0.25) is 0 Å². The van der Waals surface area contributed by atoms with Gasteiger partial charge < -0.3 is 4.74 Å². The lowest BCUT2D eigenvalue weighted by atomic mass is 9.89. The molecule has 5 nitrogen and oxygen atoms in total. The van der Waals surface area contributed by atoms with Gasteiger partial charge in [-0.2, -0.15) is 0 Å². The number of nitrogens with one attached hydrogen (secondary N) is 1. The molecule has 0 spiro atoms. The predicted molar refractivity (Wildman–Crippen MR) is 164 cm³/mol. The molecule has 0 saturated heterocycles. The fourth-order valence-corrected chi connectivity index (χ4v) is 6.14. The standard InChI is InChI=1S/C35H27NO4S/c1-24-18-20-28(21-19-24)41(38,39)36-32-22-27-13-6-8-16-30(27)33(31-17-9-14-26-12-5-7-15-29(26)31)34(32)35(37)40-23-25-10-3-2-4-11-25/h2-22,36H,23H2,1H3. The molecule has 41 heavy (non-hydrogen) atoms. The monoisotopic (exact) mass is 557 g/mol. The molecule has 0 bridgehead atoms. The molecule has 6 rings (SSSR count). The van der Waals surface area contributed by atoms with Crippen LogP contribution in [0.1, 0.15) is 21.5 Å². The predicted octanol–water partition coefficient (Wildman–Crippen LogP) is 8.13. The highest BCUT2D eigenvalue weighted by atomic mass is 32.2. The van der Waals surface area contributed by atoms with Gasteiger partial charge in [0.15, 0.2) is 0 Å². The quantitative estimate of drug-likeness (QED) is 0.201. The maximum absolute atomic E-state index is 14.0. The van der Waals surface area contributed by atoms with Crippen LogP contribution in [0.5, 0.6) is 0 Å². The van der Waals surface area contributed by atoms with Crippen LogP contribution in [0.3, 0.4) is 0 Å². The minimum atomic E-state index is -4.02. The zero-order chi connectivity index (χ0) is 28.4. The fourth-order valence-electron chi connectivity index (χ4n) is 5.08. The molecule has 0 aromatic heterocycles. The van der Waals surface area contributed by atoms with Crippen molar-refractivity contribution >= 4 is 43.2 Å². The van der Waals surface area contributed by atoms with E-state index in [0.29, 0.717) is 5.56 Å². The lowest BCUT2D eigenvalue weighted by Gasteiger charge is -2.20. The van der Waals surface area contributed by atoms with Crippen LogP contribution in [0.25, 0.3) is 32.7 Å². The van der Waals surface area contributed by atoms with Gasteiger partial charge in [-0.05, 0) is 57.8 Å². The molecular weight excluding hydrogens is 530 g/mol. The smallest absolute Gasteiger partial charge is 0.341 e. The van der Waals surface area contributed by atoms with Crippen LogP contribution in [0.4, 0.5) is 5.69 Å². The summed E-state index contributed by atoms with van der Waals surface area (Å²) in [6, 6.07) is 39.2. The van der Waals surface area contributed by atoms with Crippen LogP contribution in [0.2, 0.25) is 0 Å². The van der Waals surface area contributed by atoms with Gasteiger partial charge in [-0.1, -0.05) is 115 Å². The van der Waals surface area contributed by atoms with E-state index in [1.54, 1.807) is 30.3 Å². The molecule has 1 N–H and O–H groups in total. The number of ether oxygens (including phenoxy) is 1. The van der Waals surface area contributed by atoms with Crippen LogP contribution >= 0.6 is 0 Å². The highest BCUT2D eigenvalue weighted by molar-refractivity contribution is 7.92. The second-order valence-corrected chi connectivity index (χ2v) is 11.6. The normalized spacial score (nSPS) is 11.4. The van der Waals surface area contributed by atoms with E-state index in [1.165, 1.54) is 0 Å². The minimum Gasteiger partial charge on any atom is -0.457 e. The molecular formula is C35H27NO4S. The average Bonchev–Trinajstić information content (AvgIpc) is 2.99. The first-order chi connectivity index (χ1) is 19.9. The van der Waals surface area contributed by atoms with Gasteiger partial charge in [-0.15, -0.1) is 0 Å². The molecule has 0 aliphatic carbocycles. The number of hydrogen-bond donors (Lipinski definition) is 1. The van der Waals surface area contributed by atoms with Gasteiger partial charge in [0, 0.05) is 5.56 Å². The summed E-state index contributed by atoms with van der Waals surface area (Å²) in [7, 11) is -4.02. The van der Waals surface area contributed by atoms with Gasteiger partial charge in [0.25, 0.3) is 10.0 Å². The van der Waals surface area contributed by atoms with Crippen molar-refractivity contribution in [1.82, 2.24) is 0 Å². The number of esters is 1. The average molecular weight is 558 g/mol. The summed E-state index contributed by atoms with van der Waals surface area (Å²) >= 11 is 0. The lowest BCUT2D eigenvalue weighted by Crippen LogP contribution is -2.17. The summed E-state index contributed by atoms with van der Waals surface area (Å²) < 4.78 is 35.8. The number of hydrogen-bond acceptors (Lipinski definition) is 4. The Balaban J connectivity index is 1.59. The molecule has 0 atom stereocenters. The molecule has 0 unspecified atom stereocenters. The van der Waals surface area contributed by atoms with Crippen molar-refractivity contribution in [3.05, 3.63) is 144 Å². The van der Waals surface area contributed by atoms with E-state index in [1.807, 2.05) is 104 Å². The third-order valence-corrected chi connectivity index (χ3v) is 8.48. The van der Waals surface area contributed by atoms with Crippen LogP contribution in [-0.2, 0) is 21.4 Å². The number of rotatable bonds is 7. The molecule has 0 heterocycles. The number of anilines is 1. The molecule has 0 amide bonds. The van der Waals surface area contributed by atoms with Gasteiger partial charge in [0.1, 0.15) is 6.61 Å². The summed E-state index contributed by atoms with van der Waals surface area (Å²) in [6.45, 7) is 1.94. The first kappa shape index (κ1) is 26.3. The number of carbonyl (C=O) groups excluding carboxylic acids is 1. The van der Waals surface area contributed by atoms with Crippen molar-refractivity contribution in [3.63, 3.8) is 0 Å². The van der Waals surface area contributed by atoms with Crippen LogP contribution in [0.15, 0.2) is 132 Å². The van der Waals surface area contributed by atoms with Crippen LogP contribution < -0.4 is 4.72 Å². The van der Waals surface area contributed by atoms with Crippen LogP contribution in [-0.4, -0.2) is 14.4 Å². The molecule has 0 aliphatic rings. The molecule has 202 valence electrons.